The minimum atomic E-state index is 0.104. The van der Waals surface area contributed by atoms with Crippen LogP contribution in [0.4, 0.5) is 0 Å². The molecular weight excluding hydrogens is 238 g/mol. The van der Waals surface area contributed by atoms with Crippen LogP contribution in [0.1, 0.15) is 36.8 Å². The summed E-state index contributed by atoms with van der Waals surface area (Å²) in [4.78, 5) is 2.38. The molecule has 4 nitrogen and oxygen atoms in total. The highest BCUT2D eigenvalue weighted by molar-refractivity contribution is 5.95. The molecule has 1 aromatic rings. The summed E-state index contributed by atoms with van der Waals surface area (Å²) in [6, 6.07) is 6.37. The number of methoxy groups -OCH3 is 1. The first kappa shape index (κ1) is 13.9. The molecule has 0 radical (unpaired) electrons. The first-order valence-electron chi connectivity index (χ1n) is 6.83. The van der Waals surface area contributed by atoms with Crippen molar-refractivity contribution in [2.24, 2.45) is 5.73 Å². The van der Waals surface area contributed by atoms with Crippen LogP contribution in [-0.2, 0) is 6.54 Å². The Labute approximate surface area is 115 Å². The van der Waals surface area contributed by atoms with Gasteiger partial charge in [0.2, 0.25) is 0 Å². The fourth-order valence-electron chi connectivity index (χ4n) is 2.81. The van der Waals surface area contributed by atoms with Crippen molar-refractivity contribution in [3.63, 3.8) is 0 Å². The molecule has 0 saturated heterocycles. The Morgan fingerprint density at radius 3 is 2.68 bits per heavy atom. The molecule has 1 aromatic carbocycles. The lowest BCUT2D eigenvalue weighted by molar-refractivity contribution is 0.234. The molecule has 3 N–H and O–H groups in total. The van der Waals surface area contributed by atoms with E-state index in [1.165, 1.54) is 25.7 Å². The minimum Gasteiger partial charge on any atom is -0.496 e. The van der Waals surface area contributed by atoms with E-state index in [0.717, 1.165) is 23.4 Å². The van der Waals surface area contributed by atoms with Gasteiger partial charge in [-0.3, -0.25) is 10.3 Å². The van der Waals surface area contributed by atoms with Crippen LogP contribution in [0.2, 0.25) is 0 Å². The summed E-state index contributed by atoms with van der Waals surface area (Å²) in [6.45, 7) is 0.842. The topological polar surface area (TPSA) is 62.3 Å². The molecule has 0 aliphatic heterocycles. The average Bonchev–Trinajstić information content (AvgIpc) is 2.92. The number of ether oxygens (including phenoxy) is 1. The van der Waals surface area contributed by atoms with Crippen LogP contribution in [0.15, 0.2) is 18.2 Å². The Hall–Kier alpha value is -1.55. The van der Waals surface area contributed by atoms with Crippen LogP contribution >= 0.6 is 0 Å². The molecule has 0 unspecified atom stereocenters. The molecule has 0 atom stereocenters. The fraction of sp³-hybridized carbons (Fsp3) is 0.533. The van der Waals surface area contributed by atoms with Gasteiger partial charge >= 0.3 is 0 Å². The van der Waals surface area contributed by atoms with Crippen molar-refractivity contribution in [3.8, 4) is 5.75 Å². The van der Waals surface area contributed by atoms with E-state index >= 15 is 0 Å². The van der Waals surface area contributed by atoms with Crippen LogP contribution in [0, 0.1) is 5.41 Å². The summed E-state index contributed by atoms with van der Waals surface area (Å²) in [5.74, 6) is 0.974. The lowest BCUT2D eigenvalue weighted by Crippen LogP contribution is -2.28. The van der Waals surface area contributed by atoms with Crippen LogP contribution in [-0.4, -0.2) is 30.9 Å². The number of nitrogens with one attached hydrogen (secondary N) is 1. The largest absolute Gasteiger partial charge is 0.496 e. The first-order valence-corrected chi connectivity index (χ1v) is 6.83. The van der Waals surface area contributed by atoms with E-state index in [1.54, 1.807) is 7.11 Å². The summed E-state index contributed by atoms with van der Waals surface area (Å²) in [6.07, 6.45) is 5.23. The van der Waals surface area contributed by atoms with Crippen LogP contribution in [0.25, 0.3) is 0 Å². The molecule has 0 heterocycles. The molecular formula is C15H23N3O. The summed E-state index contributed by atoms with van der Waals surface area (Å²) < 4.78 is 5.41. The third kappa shape index (κ3) is 3.26. The molecule has 0 spiro atoms. The van der Waals surface area contributed by atoms with E-state index in [-0.39, 0.29) is 5.84 Å². The monoisotopic (exact) mass is 261 g/mol. The zero-order chi connectivity index (χ0) is 13.8. The van der Waals surface area contributed by atoms with Gasteiger partial charge in [0.15, 0.2) is 0 Å². The highest BCUT2D eigenvalue weighted by atomic mass is 16.5. The Morgan fingerprint density at radius 2 is 2.11 bits per heavy atom. The van der Waals surface area contributed by atoms with E-state index < -0.39 is 0 Å². The molecule has 1 fully saturated rings. The van der Waals surface area contributed by atoms with Gasteiger partial charge in [0, 0.05) is 23.7 Å². The SMILES string of the molecule is COc1ccc(C(=N)N)cc1CN(C)C1CCCC1. The van der Waals surface area contributed by atoms with Crippen LogP contribution < -0.4 is 10.5 Å². The molecule has 0 aromatic heterocycles. The van der Waals surface area contributed by atoms with Crippen molar-refractivity contribution >= 4 is 5.84 Å². The molecule has 19 heavy (non-hydrogen) atoms. The third-order valence-corrected chi connectivity index (χ3v) is 3.96. The van der Waals surface area contributed by atoms with E-state index in [4.69, 9.17) is 15.9 Å². The Morgan fingerprint density at radius 1 is 1.42 bits per heavy atom. The second-order valence-electron chi connectivity index (χ2n) is 5.29. The molecule has 1 aliphatic carbocycles. The predicted molar refractivity (Wildman–Crippen MR) is 77.7 cm³/mol. The first-order chi connectivity index (χ1) is 9.11. The molecule has 1 aliphatic rings. The van der Waals surface area contributed by atoms with Crippen molar-refractivity contribution < 1.29 is 4.74 Å². The zero-order valence-electron chi connectivity index (χ0n) is 11.8. The molecule has 0 bridgehead atoms. The Bertz CT molecular complexity index is 453. The van der Waals surface area contributed by atoms with E-state index in [2.05, 4.69) is 11.9 Å². The van der Waals surface area contributed by atoms with Crippen LogP contribution in [0.5, 0.6) is 5.75 Å². The van der Waals surface area contributed by atoms with Gasteiger partial charge in [-0.05, 0) is 38.1 Å². The van der Waals surface area contributed by atoms with Gasteiger partial charge in [0.05, 0.1) is 7.11 Å². The lowest BCUT2D eigenvalue weighted by Gasteiger charge is -2.25. The van der Waals surface area contributed by atoms with Crippen molar-refractivity contribution in [2.75, 3.05) is 14.2 Å². The normalized spacial score (nSPS) is 15.9. The van der Waals surface area contributed by atoms with Gasteiger partial charge < -0.3 is 10.5 Å². The van der Waals surface area contributed by atoms with Gasteiger partial charge in [-0.25, -0.2) is 0 Å². The second-order valence-corrected chi connectivity index (χ2v) is 5.29. The maximum atomic E-state index is 7.53. The maximum absolute atomic E-state index is 7.53. The van der Waals surface area contributed by atoms with Gasteiger partial charge in [-0.1, -0.05) is 12.8 Å². The summed E-state index contributed by atoms with van der Waals surface area (Å²) in [5.41, 5.74) is 7.42. The average molecular weight is 261 g/mol. The standard InChI is InChI=1S/C15H23N3O/c1-18(13-5-3-4-6-13)10-12-9-11(15(16)17)7-8-14(12)19-2/h7-9,13H,3-6,10H2,1-2H3,(H3,16,17). The van der Waals surface area contributed by atoms with Gasteiger partial charge in [0.1, 0.15) is 11.6 Å². The number of nitrogen functional groups attached to an aromatic ring is 1. The van der Waals surface area contributed by atoms with Crippen molar-refractivity contribution in [3.05, 3.63) is 29.3 Å². The smallest absolute Gasteiger partial charge is 0.123 e. The number of hydrogen-bond acceptors (Lipinski definition) is 3. The predicted octanol–water partition coefficient (Wildman–Crippen LogP) is 2.35. The Kier molecular flexibility index (Phi) is 4.43. The van der Waals surface area contributed by atoms with E-state index in [1.807, 2.05) is 18.2 Å². The number of rotatable bonds is 5. The zero-order valence-corrected chi connectivity index (χ0v) is 11.8. The number of nitrogens with zero attached hydrogens (tertiary/aromatic N) is 1. The van der Waals surface area contributed by atoms with E-state index in [9.17, 15) is 0 Å². The molecule has 4 heteroatoms. The fourth-order valence-corrected chi connectivity index (χ4v) is 2.81. The highest BCUT2D eigenvalue weighted by Gasteiger charge is 2.20. The van der Waals surface area contributed by atoms with Crippen molar-refractivity contribution in [1.82, 2.24) is 4.90 Å². The van der Waals surface area contributed by atoms with Crippen molar-refractivity contribution in [2.45, 2.75) is 38.3 Å². The molecule has 1 saturated carbocycles. The van der Waals surface area contributed by atoms with Gasteiger partial charge in [-0.15, -0.1) is 0 Å². The maximum Gasteiger partial charge on any atom is 0.123 e. The van der Waals surface area contributed by atoms with Crippen molar-refractivity contribution in [1.29, 1.82) is 5.41 Å². The lowest BCUT2D eigenvalue weighted by atomic mass is 10.1. The number of benzene rings is 1. The summed E-state index contributed by atoms with van der Waals surface area (Å²) in [7, 11) is 3.84. The van der Waals surface area contributed by atoms with Crippen LogP contribution in [0.3, 0.4) is 0 Å². The molecule has 0 amide bonds. The quantitative estimate of drug-likeness (QED) is 0.632. The number of hydrogen-bond donors (Lipinski definition) is 2. The summed E-state index contributed by atoms with van der Waals surface area (Å²) >= 11 is 0. The highest BCUT2D eigenvalue weighted by Crippen LogP contribution is 2.26. The molecule has 2 rings (SSSR count). The molecule has 104 valence electrons. The number of amidine groups is 1. The minimum absolute atomic E-state index is 0.104. The third-order valence-electron chi connectivity index (χ3n) is 3.96. The Balaban J connectivity index is 2.16. The van der Waals surface area contributed by atoms with E-state index in [0.29, 0.717) is 6.04 Å². The van der Waals surface area contributed by atoms with Gasteiger partial charge in [-0.2, -0.15) is 0 Å². The van der Waals surface area contributed by atoms with Gasteiger partial charge in [0.25, 0.3) is 0 Å². The second kappa shape index (κ2) is 6.06. The summed E-state index contributed by atoms with van der Waals surface area (Å²) in [5, 5.41) is 7.53. The number of nitrogens with two attached hydrogens (primary N) is 1.